The van der Waals surface area contributed by atoms with Crippen LogP contribution < -0.4 is 34.3 Å². The van der Waals surface area contributed by atoms with Gasteiger partial charge in [0.1, 0.15) is 0 Å². The average molecular weight is 471 g/mol. The fourth-order valence-electron chi connectivity index (χ4n) is 3.61. The Morgan fingerprint density at radius 3 is 2.13 bits per heavy atom. The minimum Gasteiger partial charge on any atom is -1.00 e. The minimum atomic E-state index is -0.490. The van der Waals surface area contributed by atoms with Gasteiger partial charge in [-0.2, -0.15) is 0 Å². The average Bonchev–Trinajstić information content (AvgIpc) is 2.75. The molecule has 2 aromatic rings. The van der Waals surface area contributed by atoms with Crippen molar-refractivity contribution in [1.29, 1.82) is 0 Å². The third-order valence-electron chi connectivity index (χ3n) is 5.21. The molecule has 1 heterocycles. The molecule has 3 rings (SSSR count). The van der Waals surface area contributed by atoms with E-state index in [1.165, 1.54) is 5.56 Å². The second-order valence-electron chi connectivity index (χ2n) is 7.42. The van der Waals surface area contributed by atoms with Crippen molar-refractivity contribution in [3.63, 3.8) is 0 Å². The molecule has 1 unspecified atom stereocenters. The van der Waals surface area contributed by atoms with E-state index >= 15 is 0 Å². The Bertz CT molecular complexity index is 744. The Labute approximate surface area is 197 Å². The number of aliphatic hydroxyl groups excluding tert-OH is 1. The number of ether oxygens (including phenoxy) is 3. The van der Waals surface area contributed by atoms with Crippen LogP contribution in [0.5, 0.6) is 11.5 Å². The molecule has 0 saturated carbocycles. The molecule has 1 fully saturated rings. The molecule has 1 atom stereocenters. The lowest BCUT2D eigenvalue weighted by atomic mass is 10.2. The van der Waals surface area contributed by atoms with Gasteiger partial charge in [0.25, 0.3) is 0 Å². The summed E-state index contributed by atoms with van der Waals surface area (Å²) < 4.78 is 16.3. The van der Waals surface area contributed by atoms with Crippen LogP contribution in [0.4, 0.5) is 0 Å². The summed E-state index contributed by atoms with van der Waals surface area (Å²) in [5.74, 6) is 1.38. The predicted octanol–water partition coefficient (Wildman–Crippen LogP) is -3.59. The van der Waals surface area contributed by atoms with E-state index in [1.54, 1.807) is 14.2 Å². The van der Waals surface area contributed by atoms with E-state index in [-0.39, 0.29) is 24.8 Å². The van der Waals surface area contributed by atoms with Crippen molar-refractivity contribution >= 4 is 0 Å². The second-order valence-corrected chi connectivity index (χ2v) is 7.42. The molecule has 174 valence electrons. The zero-order valence-electron chi connectivity index (χ0n) is 18.2. The maximum Gasteiger partial charge on any atom is 0.161 e. The first-order valence-corrected chi connectivity index (χ1v) is 10.1. The summed E-state index contributed by atoms with van der Waals surface area (Å²) in [7, 11) is 3.23. The molecule has 1 saturated heterocycles. The Morgan fingerprint density at radius 1 is 0.839 bits per heavy atom. The lowest BCUT2D eigenvalue weighted by Gasteiger charge is -2.35. The van der Waals surface area contributed by atoms with Crippen LogP contribution in [0, 0.1) is 0 Å². The fourth-order valence-corrected chi connectivity index (χ4v) is 3.61. The number of benzene rings is 2. The zero-order valence-corrected chi connectivity index (χ0v) is 19.7. The van der Waals surface area contributed by atoms with Crippen molar-refractivity contribution in [2.45, 2.75) is 19.3 Å². The van der Waals surface area contributed by atoms with Crippen LogP contribution in [0.1, 0.15) is 11.1 Å². The topological polar surface area (TPSA) is 54.4 Å². The molecule has 2 aromatic carbocycles. The highest BCUT2D eigenvalue weighted by Gasteiger charge is 2.19. The highest BCUT2D eigenvalue weighted by molar-refractivity contribution is 5.42. The third-order valence-corrected chi connectivity index (χ3v) is 5.21. The van der Waals surface area contributed by atoms with Gasteiger partial charge < -0.3 is 44.1 Å². The van der Waals surface area contributed by atoms with Crippen LogP contribution in [0.2, 0.25) is 0 Å². The molecule has 1 N–H and O–H groups in total. The third kappa shape index (κ3) is 8.85. The van der Waals surface area contributed by atoms with Crippen LogP contribution in [-0.4, -0.2) is 74.6 Å². The van der Waals surface area contributed by atoms with Crippen molar-refractivity contribution < 1.29 is 44.1 Å². The number of rotatable bonds is 10. The van der Waals surface area contributed by atoms with Gasteiger partial charge in [-0.1, -0.05) is 36.4 Å². The van der Waals surface area contributed by atoms with E-state index in [1.807, 2.05) is 18.2 Å². The van der Waals surface area contributed by atoms with Gasteiger partial charge in [-0.05, 0) is 23.3 Å². The molecule has 0 amide bonds. The molecule has 8 heteroatoms. The summed E-state index contributed by atoms with van der Waals surface area (Å²) in [4.78, 5) is 4.78. The maximum atomic E-state index is 10.3. The van der Waals surface area contributed by atoms with Gasteiger partial charge >= 0.3 is 0 Å². The van der Waals surface area contributed by atoms with Crippen LogP contribution >= 0.6 is 0 Å². The monoisotopic (exact) mass is 470 g/mol. The largest absolute Gasteiger partial charge is 1.00 e. The fraction of sp³-hybridized carbons (Fsp3) is 0.478. The number of halogens is 2. The minimum absolute atomic E-state index is 0. The van der Waals surface area contributed by atoms with Crippen molar-refractivity contribution in [3.05, 3.63) is 59.7 Å². The smallest absolute Gasteiger partial charge is 0.161 e. The first-order valence-electron chi connectivity index (χ1n) is 10.1. The second kappa shape index (κ2) is 14.5. The van der Waals surface area contributed by atoms with E-state index in [9.17, 15) is 5.11 Å². The Balaban J connectivity index is 0.00000240. The zero-order chi connectivity index (χ0) is 20.5. The first kappa shape index (κ1) is 27.5. The first-order chi connectivity index (χ1) is 14.2. The maximum absolute atomic E-state index is 10.3. The number of methoxy groups -OCH3 is 2. The Morgan fingerprint density at radius 2 is 1.48 bits per heavy atom. The van der Waals surface area contributed by atoms with E-state index in [0.717, 1.165) is 38.3 Å². The summed E-state index contributed by atoms with van der Waals surface area (Å²) in [6.07, 6.45) is -0.490. The quantitative estimate of drug-likeness (QED) is 0.387. The predicted molar refractivity (Wildman–Crippen MR) is 113 cm³/mol. The Kier molecular flexibility index (Phi) is 12.9. The number of hydrogen-bond donors (Lipinski definition) is 1. The Hall–Kier alpha value is -1.54. The number of piperazine rings is 1. The van der Waals surface area contributed by atoms with E-state index in [0.29, 0.717) is 31.3 Å². The van der Waals surface area contributed by atoms with E-state index in [2.05, 4.69) is 40.1 Å². The summed E-state index contributed by atoms with van der Waals surface area (Å²) in [6, 6.07) is 16.3. The molecule has 31 heavy (non-hydrogen) atoms. The van der Waals surface area contributed by atoms with E-state index < -0.39 is 6.10 Å². The molecule has 1 aliphatic heterocycles. The van der Waals surface area contributed by atoms with Crippen LogP contribution in [0.25, 0.3) is 0 Å². The lowest BCUT2D eigenvalue weighted by molar-refractivity contribution is -0.001000. The van der Waals surface area contributed by atoms with Crippen LogP contribution in [0.15, 0.2) is 48.5 Å². The van der Waals surface area contributed by atoms with Crippen molar-refractivity contribution in [1.82, 2.24) is 9.80 Å². The summed E-state index contributed by atoms with van der Waals surface area (Å²) >= 11 is 0. The molecule has 0 spiro atoms. The van der Waals surface area contributed by atoms with Gasteiger partial charge in [0, 0.05) is 39.3 Å². The van der Waals surface area contributed by atoms with Gasteiger partial charge in [-0.25, -0.2) is 0 Å². The van der Waals surface area contributed by atoms with Crippen LogP contribution in [-0.2, 0) is 17.9 Å². The molecular formula is C23H32Cl2N2O4-2. The molecule has 0 bridgehead atoms. The molecule has 0 aliphatic carbocycles. The van der Waals surface area contributed by atoms with Crippen molar-refractivity contribution in [2.24, 2.45) is 0 Å². The molecule has 1 aliphatic rings. The summed E-state index contributed by atoms with van der Waals surface area (Å²) in [5.41, 5.74) is 2.34. The number of nitrogens with zero attached hydrogens (tertiary/aromatic N) is 2. The normalized spacial score (nSPS) is 15.5. The van der Waals surface area contributed by atoms with Crippen LogP contribution in [0.3, 0.4) is 0 Å². The van der Waals surface area contributed by atoms with Crippen molar-refractivity contribution in [2.75, 3.05) is 53.6 Å². The van der Waals surface area contributed by atoms with Gasteiger partial charge in [0.05, 0.1) is 33.5 Å². The SMILES string of the molecule is COc1ccc(COCC(O)CN2CCN(Cc3ccccc3)CC2)cc1OC.[Cl-].[Cl-]. The van der Waals surface area contributed by atoms with Gasteiger partial charge in [0.15, 0.2) is 11.5 Å². The van der Waals surface area contributed by atoms with Crippen molar-refractivity contribution in [3.8, 4) is 11.5 Å². The van der Waals surface area contributed by atoms with Gasteiger partial charge in [0.2, 0.25) is 0 Å². The highest BCUT2D eigenvalue weighted by atomic mass is 35.5. The summed E-state index contributed by atoms with van der Waals surface area (Å²) in [6.45, 7) is 6.37. The lowest BCUT2D eigenvalue weighted by Crippen LogP contribution is -3.00. The van der Waals surface area contributed by atoms with Gasteiger partial charge in [-0.3, -0.25) is 9.80 Å². The van der Waals surface area contributed by atoms with E-state index in [4.69, 9.17) is 14.2 Å². The molecule has 6 nitrogen and oxygen atoms in total. The summed E-state index contributed by atoms with van der Waals surface area (Å²) in [5, 5.41) is 10.3. The highest BCUT2D eigenvalue weighted by Crippen LogP contribution is 2.27. The van der Waals surface area contributed by atoms with Gasteiger partial charge in [-0.15, -0.1) is 0 Å². The molecule has 0 radical (unpaired) electrons. The number of aliphatic hydroxyl groups is 1. The molecular weight excluding hydrogens is 439 g/mol. The standard InChI is InChI=1S/C23H32N2O4.2ClH/c1-27-22-9-8-20(14-23(22)28-2)17-29-18-21(26)16-25-12-10-24(11-13-25)15-19-6-4-3-5-7-19;;/h3-9,14,21,26H,10-13,15-18H2,1-2H3;2*1H/p-2. The number of hydrogen-bond acceptors (Lipinski definition) is 6. The number of β-amino-alcohol motifs (C(OH)–C–C–N with tert-alkyl or cyclic N) is 1. The molecule has 0 aromatic heterocycles.